The van der Waals surface area contributed by atoms with E-state index >= 15 is 0 Å². The van der Waals surface area contributed by atoms with Gasteiger partial charge in [0, 0.05) is 44.3 Å². The lowest BCUT2D eigenvalue weighted by molar-refractivity contribution is 0.0588. The van der Waals surface area contributed by atoms with Crippen molar-refractivity contribution >= 4 is 26.8 Å². The van der Waals surface area contributed by atoms with E-state index in [1.807, 2.05) is 24.0 Å². The second kappa shape index (κ2) is 6.62. The fraction of sp³-hybridized carbons (Fsp3) is 0.588. The number of carbonyl (C=O) groups excluding carboxylic acids is 1. The summed E-state index contributed by atoms with van der Waals surface area (Å²) in [6.07, 6.45) is 0.708. The Morgan fingerprint density at radius 3 is 2.65 bits per heavy atom. The molecule has 4 rings (SSSR count). The Kier molecular flexibility index (Phi) is 4.44. The van der Waals surface area contributed by atoms with Gasteiger partial charge in [0.1, 0.15) is 5.52 Å². The van der Waals surface area contributed by atoms with Crippen LogP contribution in [-0.2, 0) is 16.4 Å². The summed E-state index contributed by atoms with van der Waals surface area (Å²) in [5, 5.41) is 8.21. The van der Waals surface area contributed by atoms with Crippen LogP contribution in [0.1, 0.15) is 23.7 Å². The second-order valence-electron chi connectivity index (χ2n) is 6.99. The molecule has 2 aliphatic rings. The number of hydrogen-bond donors (Lipinski definition) is 0. The van der Waals surface area contributed by atoms with Crippen molar-refractivity contribution in [1.82, 2.24) is 24.8 Å². The fourth-order valence-corrected chi connectivity index (χ4v) is 5.64. The van der Waals surface area contributed by atoms with Crippen LogP contribution in [0.15, 0.2) is 18.2 Å². The zero-order valence-electron chi connectivity index (χ0n) is 14.8. The van der Waals surface area contributed by atoms with E-state index in [1.165, 1.54) is 0 Å². The summed E-state index contributed by atoms with van der Waals surface area (Å²) < 4.78 is 25.1. The van der Waals surface area contributed by atoms with Crippen LogP contribution >= 0.6 is 0 Å². The van der Waals surface area contributed by atoms with Crippen LogP contribution in [0.5, 0.6) is 0 Å². The Balaban J connectivity index is 1.42. The zero-order chi connectivity index (χ0) is 18.3. The highest BCUT2D eigenvalue weighted by molar-refractivity contribution is 7.91. The molecule has 0 unspecified atom stereocenters. The topological polar surface area (TPSA) is 88.4 Å². The Hall–Kier alpha value is -2.00. The molecule has 2 saturated heterocycles. The van der Waals surface area contributed by atoms with Crippen molar-refractivity contribution in [2.45, 2.75) is 25.9 Å². The van der Waals surface area contributed by atoms with Gasteiger partial charge >= 0.3 is 0 Å². The first-order chi connectivity index (χ1) is 12.5. The molecule has 140 valence electrons. The van der Waals surface area contributed by atoms with Crippen molar-refractivity contribution in [3.8, 4) is 0 Å². The monoisotopic (exact) mass is 377 g/mol. The third-order valence-electron chi connectivity index (χ3n) is 5.39. The summed E-state index contributed by atoms with van der Waals surface area (Å²) >= 11 is 0. The van der Waals surface area contributed by atoms with Crippen molar-refractivity contribution in [1.29, 1.82) is 0 Å². The van der Waals surface area contributed by atoms with E-state index in [4.69, 9.17) is 0 Å². The lowest BCUT2D eigenvalue weighted by atomic mass is 10.1. The molecule has 1 aromatic carbocycles. The maximum Gasteiger partial charge on any atom is 0.254 e. The first-order valence-corrected chi connectivity index (χ1v) is 10.9. The van der Waals surface area contributed by atoms with Crippen LogP contribution in [-0.4, -0.2) is 82.8 Å². The highest BCUT2D eigenvalue weighted by Gasteiger charge is 2.34. The molecule has 2 aromatic rings. The Morgan fingerprint density at radius 1 is 1.23 bits per heavy atom. The number of aryl methyl sites for hydroxylation is 1. The molecule has 2 aliphatic heterocycles. The number of aromatic nitrogens is 3. The summed E-state index contributed by atoms with van der Waals surface area (Å²) in [6, 6.07) is 5.63. The lowest BCUT2D eigenvalue weighted by Crippen LogP contribution is -2.52. The van der Waals surface area contributed by atoms with Crippen LogP contribution in [0.2, 0.25) is 0 Å². The SMILES string of the molecule is CCn1nnc2cc(C(=O)N3CCN([C@H]4CCS(=O)(=O)C4)CC3)ccc21. The molecule has 9 heteroatoms. The molecule has 0 spiro atoms. The van der Waals surface area contributed by atoms with Crippen LogP contribution in [0, 0.1) is 0 Å². The van der Waals surface area contributed by atoms with Crippen molar-refractivity contribution in [2.24, 2.45) is 0 Å². The van der Waals surface area contributed by atoms with Gasteiger partial charge in [0.05, 0.1) is 17.0 Å². The molecular weight excluding hydrogens is 354 g/mol. The third-order valence-corrected chi connectivity index (χ3v) is 7.14. The van der Waals surface area contributed by atoms with Crippen molar-refractivity contribution in [3.63, 3.8) is 0 Å². The molecule has 1 aromatic heterocycles. The Morgan fingerprint density at radius 2 is 2.00 bits per heavy atom. The molecule has 1 atom stereocenters. The molecule has 1 amide bonds. The quantitative estimate of drug-likeness (QED) is 0.769. The van der Waals surface area contributed by atoms with E-state index in [2.05, 4.69) is 15.2 Å². The molecule has 0 bridgehead atoms. The van der Waals surface area contributed by atoms with Gasteiger partial charge in [-0.15, -0.1) is 5.10 Å². The standard InChI is InChI=1S/C17H23N5O3S/c1-2-22-16-4-3-13(11-15(16)18-19-22)17(23)21-8-6-20(7-9-21)14-5-10-26(24,25)12-14/h3-4,11,14H,2,5-10,12H2,1H3/t14-/m0/s1. The van der Waals surface area contributed by atoms with E-state index in [-0.39, 0.29) is 23.5 Å². The van der Waals surface area contributed by atoms with Gasteiger partial charge in [0.2, 0.25) is 0 Å². The molecule has 2 fully saturated rings. The van der Waals surface area contributed by atoms with Crippen LogP contribution in [0.25, 0.3) is 11.0 Å². The number of piperazine rings is 1. The molecule has 0 radical (unpaired) electrons. The number of nitrogens with zero attached hydrogens (tertiary/aromatic N) is 5. The van der Waals surface area contributed by atoms with Gasteiger partial charge in [-0.25, -0.2) is 13.1 Å². The van der Waals surface area contributed by atoms with Crippen LogP contribution in [0.3, 0.4) is 0 Å². The van der Waals surface area contributed by atoms with Gasteiger partial charge < -0.3 is 4.90 Å². The van der Waals surface area contributed by atoms with Gasteiger partial charge in [0.15, 0.2) is 9.84 Å². The maximum atomic E-state index is 12.8. The molecule has 26 heavy (non-hydrogen) atoms. The first-order valence-electron chi connectivity index (χ1n) is 9.04. The summed E-state index contributed by atoms with van der Waals surface area (Å²) in [5.74, 6) is 0.539. The number of carbonyl (C=O) groups is 1. The molecule has 3 heterocycles. The summed E-state index contributed by atoms with van der Waals surface area (Å²) in [7, 11) is -2.88. The van der Waals surface area contributed by atoms with Crippen molar-refractivity contribution in [3.05, 3.63) is 23.8 Å². The minimum Gasteiger partial charge on any atom is -0.336 e. The van der Waals surface area contributed by atoms with E-state index in [1.54, 1.807) is 10.7 Å². The number of amides is 1. The highest BCUT2D eigenvalue weighted by atomic mass is 32.2. The Bertz CT molecular complexity index is 931. The minimum atomic E-state index is -2.88. The molecule has 0 N–H and O–H groups in total. The summed E-state index contributed by atoms with van der Waals surface area (Å²) in [4.78, 5) is 16.9. The van der Waals surface area contributed by atoms with Gasteiger partial charge in [-0.3, -0.25) is 9.69 Å². The highest BCUT2D eigenvalue weighted by Crippen LogP contribution is 2.20. The van der Waals surface area contributed by atoms with E-state index in [9.17, 15) is 13.2 Å². The van der Waals surface area contributed by atoms with E-state index in [0.717, 1.165) is 30.7 Å². The number of benzene rings is 1. The average Bonchev–Trinajstić information content (AvgIpc) is 3.23. The summed E-state index contributed by atoms with van der Waals surface area (Å²) in [5.41, 5.74) is 2.28. The number of rotatable bonds is 3. The van der Waals surface area contributed by atoms with Crippen LogP contribution < -0.4 is 0 Å². The predicted octanol–water partition coefficient (Wildman–Crippen LogP) is 0.396. The van der Waals surface area contributed by atoms with E-state index in [0.29, 0.717) is 25.1 Å². The predicted molar refractivity (Wildman–Crippen MR) is 97.7 cm³/mol. The van der Waals surface area contributed by atoms with Crippen molar-refractivity contribution < 1.29 is 13.2 Å². The van der Waals surface area contributed by atoms with Crippen LogP contribution in [0.4, 0.5) is 0 Å². The van der Waals surface area contributed by atoms with Gasteiger partial charge in [-0.2, -0.15) is 0 Å². The van der Waals surface area contributed by atoms with Gasteiger partial charge in [-0.05, 0) is 31.5 Å². The largest absolute Gasteiger partial charge is 0.336 e. The summed E-state index contributed by atoms with van der Waals surface area (Å²) in [6.45, 7) is 5.43. The maximum absolute atomic E-state index is 12.8. The van der Waals surface area contributed by atoms with E-state index < -0.39 is 9.84 Å². The average molecular weight is 377 g/mol. The first kappa shape index (κ1) is 17.4. The second-order valence-corrected chi connectivity index (χ2v) is 9.22. The normalized spacial score (nSPS) is 23.6. The number of fused-ring (bicyclic) bond motifs is 1. The van der Waals surface area contributed by atoms with Crippen molar-refractivity contribution in [2.75, 3.05) is 37.7 Å². The smallest absolute Gasteiger partial charge is 0.254 e. The Labute approximate surface area is 152 Å². The molecule has 0 saturated carbocycles. The van der Waals surface area contributed by atoms with Gasteiger partial charge in [0.25, 0.3) is 5.91 Å². The molecule has 8 nitrogen and oxygen atoms in total. The third kappa shape index (κ3) is 3.21. The molecular formula is C17H23N5O3S. The minimum absolute atomic E-state index is 0.00311. The number of sulfone groups is 1. The fourth-order valence-electron chi connectivity index (χ4n) is 3.87. The number of hydrogen-bond acceptors (Lipinski definition) is 6. The zero-order valence-corrected chi connectivity index (χ0v) is 15.7. The van der Waals surface area contributed by atoms with Gasteiger partial charge in [-0.1, -0.05) is 5.21 Å². The lowest BCUT2D eigenvalue weighted by Gasteiger charge is -2.37. The molecule has 0 aliphatic carbocycles.